The Balaban J connectivity index is 2.05. The maximum Gasteiger partial charge on any atom is 0.330 e. The van der Waals surface area contributed by atoms with Crippen LogP contribution in [0.15, 0.2) is 12.1 Å². The van der Waals surface area contributed by atoms with Gasteiger partial charge in [0.15, 0.2) is 0 Å². The summed E-state index contributed by atoms with van der Waals surface area (Å²) in [6.07, 6.45) is 11.9. The molecule has 27 heavy (non-hydrogen) atoms. The number of ether oxygens (including phenoxy) is 1. The van der Waals surface area contributed by atoms with E-state index in [4.69, 9.17) is 22.8 Å². The Morgan fingerprint density at radius 3 is 2.44 bits per heavy atom. The van der Waals surface area contributed by atoms with Gasteiger partial charge in [0.05, 0.1) is 16.8 Å². The summed E-state index contributed by atoms with van der Waals surface area (Å²) in [4.78, 5) is 26.2. The lowest BCUT2D eigenvalue weighted by Crippen LogP contribution is -2.58. The van der Waals surface area contributed by atoms with Crippen molar-refractivity contribution in [2.75, 3.05) is 4.90 Å². The fraction of sp³-hybridized carbons (Fsp3) is 0.524. The molecule has 1 N–H and O–H groups in total. The van der Waals surface area contributed by atoms with E-state index in [1.165, 1.54) is 4.90 Å². The van der Waals surface area contributed by atoms with Gasteiger partial charge in [0.1, 0.15) is 11.3 Å². The lowest BCUT2D eigenvalue weighted by Gasteiger charge is -2.43. The van der Waals surface area contributed by atoms with Gasteiger partial charge in [0.25, 0.3) is 0 Å². The summed E-state index contributed by atoms with van der Waals surface area (Å²) in [7, 11) is 0. The molecule has 6 heteroatoms. The van der Waals surface area contributed by atoms with E-state index in [9.17, 15) is 14.7 Å². The number of aliphatic carboxylic acids is 1. The number of carboxylic acids is 1. The maximum atomic E-state index is 12.7. The van der Waals surface area contributed by atoms with Crippen LogP contribution in [0, 0.1) is 19.3 Å². The molecule has 1 aromatic rings. The van der Waals surface area contributed by atoms with Gasteiger partial charge in [-0.25, -0.2) is 4.79 Å². The summed E-state index contributed by atoms with van der Waals surface area (Å²) in [6, 6.07) is 3.40. The van der Waals surface area contributed by atoms with Gasteiger partial charge in [-0.1, -0.05) is 30.9 Å². The van der Waals surface area contributed by atoms with E-state index in [0.29, 0.717) is 34.9 Å². The Hall–Kier alpha value is -2.19. The summed E-state index contributed by atoms with van der Waals surface area (Å²) in [5.41, 5.74) is -0.303. The van der Waals surface area contributed by atoms with Gasteiger partial charge in [0, 0.05) is 0 Å². The van der Waals surface area contributed by atoms with Crippen LogP contribution in [0.1, 0.15) is 56.9 Å². The number of benzene rings is 1. The van der Waals surface area contributed by atoms with Crippen LogP contribution in [-0.4, -0.2) is 28.6 Å². The minimum atomic E-state index is -1.34. The molecule has 0 unspecified atom stereocenters. The lowest BCUT2D eigenvalue weighted by molar-refractivity contribution is -0.146. The minimum Gasteiger partial charge on any atom is -0.489 e. The Morgan fingerprint density at radius 1 is 1.26 bits per heavy atom. The number of hydrogen-bond acceptors (Lipinski definition) is 3. The molecule has 3 rings (SSSR count). The molecule has 0 heterocycles. The van der Waals surface area contributed by atoms with E-state index >= 15 is 0 Å². The van der Waals surface area contributed by atoms with Crippen molar-refractivity contribution in [2.24, 2.45) is 0 Å². The lowest BCUT2D eigenvalue weighted by atomic mass is 9.79. The number of anilines is 1. The van der Waals surface area contributed by atoms with E-state index in [2.05, 4.69) is 5.92 Å². The molecule has 0 radical (unpaired) electrons. The number of hydrogen-bond donors (Lipinski definition) is 1. The van der Waals surface area contributed by atoms with E-state index in [1.54, 1.807) is 19.1 Å². The maximum absolute atomic E-state index is 12.7. The van der Waals surface area contributed by atoms with Crippen LogP contribution in [0.25, 0.3) is 0 Å². The summed E-state index contributed by atoms with van der Waals surface area (Å²) in [5.74, 6) is 0.968. The van der Waals surface area contributed by atoms with E-state index in [0.717, 1.165) is 38.5 Å². The minimum absolute atomic E-state index is 0.167. The van der Waals surface area contributed by atoms with Gasteiger partial charge in [0.2, 0.25) is 0 Å². The molecular formula is C21H24ClNO4. The van der Waals surface area contributed by atoms with Gasteiger partial charge in [-0.15, -0.1) is 6.42 Å². The first-order chi connectivity index (χ1) is 12.9. The number of carbonyl (C=O) groups excluding carboxylic acids is 1. The molecule has 0 spiro atoms. The molecule has 0 atom stereocenters. The zero-order chi connectivity index (χ0) is 19.6. The largest absolute Gasteiger partial charge is 0.489 e. The number of terminal acetylenes is 1. The molecule has 0 aromatic heterocycles. The fourth-order valence-corrected chi connectivity index (χ4v) is 4.12. The normalized spacial score (nSPS) is 18.9. The number of rotatable bonds is 5. The molecule has 0 aliphatic heterocycles. The van der Waals surface area contributed by atoms with E-state index in [1.807, 2.05) is 0 Å². The van der Waals surface area contributed by atoms with Crippen molar-refractivity contribution in [3.8, 4) is 18.1 Å². The third-order valence-electron chi connectivity index (χ3n) is 5.74. The molecule has 144 valence electrons. The van der Waals surface area contributed by atoms with E-state index < -0.39 is 17.4 Å². The highest BCUT2D eigenvalue weighted by Crippen LogP contribution is 2.43. The average molecular weight is 390 g/mol. The van der Waals surface area contributed by atoms with Crippen molar-refractivity contribution in [3.63, 3.8) is 0 Å². The standard InChI is InChI=1S/C21H24ClNO4/c1-3-18(24)23(21(20(25)26)12-5-4-6-13-21)16-10-11-17(19(22)14(16)2)27-15-8-7-9-15/h1,10-11,15H,4-9,12-13H2,2H3,(H,25,26). The van der Waals surface area contributed by atoms with Gasteiger partial charge >= 0.3 is 11.9 Å². The van der Waals surface area contributed by atoms with Crippen LogP contribution in [0.2, 0.25) is 5.02 Å². The zero-order valence-corrected chi connectivity index (χ0v) is 16.2. The number of amides is 1. The molecule has 2 saturated carbocycles. The Bertz CT molecular complexity index is 788. The van der Waals surface area contributed by atoms with Gasteiger partial charge in [-0.05, 0) is 62.6 Å². The van der Waals surface area contributed by atoms with Crippen LogP contribution >= 0.6 is 11.6 Å². The number of carbonyl (C=O) groups is 2. The predicted molar refractivity (Wildman–Crippen MR) is 104 cm³/mol. The van der Waals surface area contributed by atoms with Crippen molar-refractivity contribution < 1.29 is 19.4 Å². The zero-order valence-electron chi connectivity index (χ0n) is 15.5. The topological polar surface area (TPSA) is 66.8 Å². The van der Waals surface area contributed by atoms with Gasteiger partial charge < -0.3 is 9.84 Å². The molecule has 2 fully saturated rings. The summed E-state index contributed by atoms with van der Waals surface area (Å²) in [5, 5.41) is 10.4. The first-order valence-electron chi connectivity index (χ1n) is 9.40. The van der Waals surface area contributed by atoms with Crippen molar-refractivity contribution in [3.05, 3.63) is 22.7 Å². The highest BCUT2D eigenvalue weighted by Gasteiger charge is 2.48. The van der Waals surface area contributed by atoms with Crippen LogP contribution in [0.3, 0.4) is 0 Å². The van der Waals surface area contributed by atoms with Crippen molar-refractivity contribution in [2.45, 2.75) is 69.9 Å². The molecule has 2 aliphatic carbocycles. The average Bonchev–Trinajstić information content (AvgIpc) is 2.63. The molecule has 0 bridgehead atoms. The summed E-state index contributed by atoms with van der Waals surface area (Å²) < 4.78 is 5.91. The third-order valence-corrected chi connectivity index (χ3v) is 6.21. The Labute approximate surface area is 164 Å². The fourth-order valence-electron chi connectivity index (χ4n) is 3.92. The molecule has 0 saturated heterocycles. The second-order valence-electron chi connectivity index (χ2n) is 7.37. The second-order valence-corrected chi connectivity index (χ2v) is 7.75. The van der Waals surface area contributed by atoms with Crippen LogP contribution in [0.5, 0.6) is 5.75 Å². The number of halogens is 1. The highest BCUT2D eigenvalue weighted by atomic mass is 35.5. The Kier molecular flexibility index (Phi) is 5.67. The SMILES string of the molecule is C#CC(=O)N(c1ccc(OC2CCC2)c(Cl)c1C)C1(C(=O)O)CCCCC1. The van der Waals surface area contributed by atoms with Crippen LogP contribution in [0.4, 0.5) is 5.69 Å². The summed E-state index contributed by atoms with van der Waals surface area (Å²) >= 11 is 6.52. The van der Waals surface area contributed by atoms with Gasteiger partial charge in [-0.2, -0.15) is 0 Å². The number of nitrogens with zero attached hydrogens (tertiary/aromatic N) is 1. The molecule has 2 aliphatic rings. The smallest absolute Gasteiger partial charge is 0.330 e. The van der Waals surface area contributed by atoms with Gasteiger partial charge in [-0.3, -0.25) is 9.69 Å². The molecule has 5 nitrogen and oxygen atoms in total. The first-order valence-corrected chi connectivity index (χ1v) is 9.78. The highest BCUT2D eigenvalue weighted by molar-refractivity contribution is 6.33. The second kappa shape index (κ2) is 7.82. The van der Waals surface area contributed by atoms with Crippen molar-refractivity contribution in [1.82, 2.24) is 0 Å². The number of carboxylic acid groups (broad SMARTS) is 1. The van der Waals surface area contributed by atoms with Crippen molar-refractivity contribution >= 4 is 29.2 Å². The van der Waals surface area contributed by atoms with E-state index in [-0.39, 0.29) is 6.10 Å². The molecule has 1 aromatic carbocycles. The predicted octanol–water partition coefficient (Wildman–Crippen LogP) is 4.33. The Morgan fingerprint density at radius 2 is 1.93 bits per heavy atom. The van der Waals surface area contributed by atoms with Crippen LogP contribution in [-0.2, 0) is 9.59 Å². The monoisotopic (exact) mass is 389 g/mol. The first kappa shape index (κ1) is 19.6. The molecule has 1 amide bonds. The van der Waals surface area contributed by atoms with Crippen molar-refractivity contribution in [1.29, 1.82) is 0 Å². The third kappa shape index (κ3) is 3.51. The molecular weight excluding hydrogens is 366 g/mol. The summed E-state index contributed by atoms with van der Waals surface area (Å²) in [6.45, 7) is 1.76. The quantitative estimate of drug-likeness (QED) is 0.761. The van der Waals surface area contributed by atoms with Crippen LogP contribution < -0.4 is 9.64 Å².